The summed E-state index contributed by atoms with van der Waals surface area (Å²) >= 11 is 0. The van der Waals surface area contributed by atoms with Crippen molar-refractivity contribution in [1.29, 1.82) is 0 Å². The Morgan fingerprint density at radius 3 is 2.89 bits per heavy atom. The Morgan fingerprint density at radius 2 is 2.11 bits per heavy atom. The summed E-state index contributed by atoms with van der Waals surface area (Å²) in [5.74, 6) is -0.287. The van der Waals surface area contributed by atoms with Gasteiger partial charge in [0.1, 0.15) is 12.4 Å². The summed E-state index contributed by atoms with van der Waals surface area (Å²) in [6.07, 6.45) is 5.54. The molecule has 0 saturated heterocycles. The Bertz CT molecular complexity index is 575. The van der Waals surface area contributed by atoms with E-state index in [-0.39, 0.29) is 11.4 Å². The zero-order valence-corrected chi connectivity index (χ0v) is 10.8. The van der Waals surface area contributed by atoms with E-state index >= 15 is 0 Å². The third-order valence-corrected chi connectivity index (χ3v) is 3.77. The van der Waals surface area contributed by atoms with E-state index in [1.165, 1.54) is 18.6 Å². The van der Waals surface area contributed by atoms with Crippen molar-refractivity contribution < 1.29 is 9.13 Å². The van der Waals surface area contributed by atoms with Crippen LogP contribution >= 0.6 is 0 Å². The minimum Gasteiger partial charge on any atom is -0.463 e. The highest BCUT2D eigenvalue weighted by Crippen LogP contribution is 2.26. The first-order valence-electron chi connectivity index (χ1n) is 6.72. The third kappa shape index (κ3) is 2.71. The molecule has 1 aliphatic carbocycles. The van der Waals surface area contributed by atoms with Crippen LogP contribution in [0.25, 0.3) is 11.0 Å². The molecule has 4 nitrogen and oxygen atoms in total. The molecular formula is C14H18FN3O. The maximum Gasteiger partial charge on any atom is 0.294 e. The van der Waals surface area contributed by atoms with Crippen LogP contribution in [0.1, 0.15) is 32.1 Å². The summed E-state index contributed by atoms with van der Waals surface area (Å²) in [6, 6.07) is 4.84. The number of fused-ring (bicyclic) bond motifs is 1. The summed E-state index contributed by atoms with van der Waals surface area (Å²) in [5.41, 5.74) is 7.39. The second-order valence-corrected chi connectivity index (χ2v) is 5.42. The van der Waals surface area contributed by atoms with E-state index in [1.807, 2.05) is 0 Å². The molecule has 5 heteroatoms. The van der Waals surface area contributed by atoms with Crippen LogP contribution < -0.4 is 10.5 Å². The molecule has 1 saturated carbocycles. The summed E-state index contributed by atoms with van der Waals surface area (Å²) in [6.45, 7) is 0.454. The van der Waals surface area contributed by atoms with Gasteiger partial charge in [-0.1, -0.05) is 19.3 Å². The average Bonchev–Trinajstić information content (AvgIpc) is 2.79. The number of nitrogens with one attached hydrogen (secondary N) is 1. The van der Waals surface area contributed by atoms with Gasteiger partial charge in [0.15, 0.2) is 0 Å². The Balaban J connectivity index is 1.71. The molecule has 19 heavy (non-hydrogen) atoms. The maximum atomic E-state index is 13.1. The normalized spacial score (nSPS) is 18.6. The minimum absolute atomic E-state index is 0.248. The van der Waals surface area contributed by atoms with Gasteiger partial charge in [0.25, 0.3) is 6.01 Å². The number of ether oxygens (including phenoxy) is 1. The van der Waals surface area contributed by atoms with Gasteiger partial charge in [-0.2, -0.15) is 4.98 Å². The topological polar surface area (TPSA) is 63.9 Å². The van der Waals surface area contributed by atoms with E-state index < -0.39 is 0 Å². The second-order valence-electron chi connectivity index (χ2n) is 5.42. The van der Waals surface area contributed by atoms with E-state index in [1.54, 1.807) is 6.07 Å². The molecule has 3 N–H and O–H groups in total. The Labute approximate surface area is 111 Å². The molecule has 102 valence electrons. The second kappa shape index (κ2) is 4.81. The Hall–Kier alpha value is -1.62. The van der Waals surface area contributed by atoms with Crippen LogP contribution in [0.3, 0.4) is 0 Å². The van der Waals surface area contributed by atoms with Crippen molar-refractivity contribution in [3.63, 3.8) is 0 Å². The molecule has 0 radical (unpaired) electrons. The molecule has 1 aromatic heterocycles. The number of imidazole rings is 1. The summed E-state index contributed by atoms with van der Waals surface area (Å²) in [4.78, 5) is 7.23. The lowest BCUT2D eigenvalue weighted by Gasteiger charge is -2.32. The molecule has 1 fully saturated rings. The summed E-state index contributed by atoms with van der Waals surface area (Å²) in [7, 11) is 0. The van der Waals surface area contributed by atoms with Crippen molar-refractivity contribution in [2.75, 3.05) is 6.61 Å². The molecule has 0 atom stereocenters. The monoisotopic (exact) mass is 263 g/mol. The molecule has 0 spiro atoms. The third-order valence-electron chi connectivity index (χ3n) is 3.77. The molecule has 0 bridgehead atoms. The van der Waals surface area contributed by atoms with Crippen LogP contribution in [0.4, 0.5) is 4.39 Å². The SMILES string of the molecule is NC1(COc2nc3ccc(F)cc3[nH]2)CCCCC1. The van der Waals surface area contributed by atoms with E-state index in [0.29, 0.717) is 23.7 Å². The number of benzene rings is 1. The van der Waals surface area contributed by atoms with Crippen molar-refractivity contribution in [3.8, 4) is 6.01 Å². The summed E-state index contributed by atoms with van der Waals surface area (Å²) in [5, 5.41) is 0. The number of aromatic amines is 1. The molecule has 3 rings (SSSR count). The highest BCUT2D eigenvalue weighted by atomic mass is 19.1. The standard InChI is InChI=1S/C14H18FN3O/c15-10-4-5-11-12(8-10)18-13(17-11)19-9-14(16)6-2-1-3-7-14/h4-5,8H,1-3,6-7,9,16H2,(H,17,18). The lowest BCUT2D eigenvalue weighted by atomic mass is 9.83. The van der Waals surface area contributed by atoms with Gasteiger partial charge in [0.2, 0.25) is 0 Å². The van der Waals surface area contributed by atoms with Gasteiger partial charge in [0.05, 0.1) is 16.6 Å². The van der Waals surface area contributed by atoms with Crippen molar-refractivity contribution in [1.82, 2.24) is 9.97 Å². The van der Waals surface area contributed by atoms with E-state index in [4.69, 9.17) is 10.5 Å². The number of H-pyrrole nitrogens is 1. The first-order valence-corrected chi connectivity index (χ1v) is 6.72. The predicted octanol–water partition coefficient (Wildman–Crippen LogP) is 2.74. The first kappa shape index (κ1) is 12.4. The smallest absolute Gasteiger partial charge is 0.294 e. The maximum absolute atomic E-state index is 13.1. The lowest BCUT2D eigenvalue weighted by Crippen LogP contribution is -2.47. The number of hydrogen-bond acceptors (Lipinski definition) is 3. The molecular weight excluding hydrogens is 245 g/mol. The van der Waals surface area contributed by atoms with Gasteiger partial charge in [-0.05, 0) is 31.0 Å². The molecule has 0 aliphatic heterocycles. The number of nitrogens with two attached hydrogens (primary N) is 1. The minimum atomic E-state index is -0.287. The molecule has 1 aliphatic rings. The van der Waals surface area contributed by atoms with Crippen LogP contribution in [0.5, 0.6) is 6.01 Å². The number of aromatic nitrogens is 2. The van der Waals surface area contributed by atoms with E-state index in [2.05, 4.69) is 9.97 Å². The molecule has 2 aromatic rings. The fourth-order valence-electron chi connectivity index (χ4n) is 2.64. The summed E-state index contributed by atoms with van der Waals surface area (Å²) < 4.78 is 18.7. The highest BCUT2D eigenvalue weighted by molar-refractivity contribution is 5.75. The Morgan fingerprint density at radius 1 is 1.32 bits per heavy atom. The van der Waals surface area contributed by atoms with E-state index in [0.717, 1.165) is 25.7 Å². The van der Waals surface area contributed by atoms with Crippen LogP contribution in [-0.4, -0.2) is 22.1 Å². The van der Waals surface area contributed by atoms with Crippen molar-refractivity contribution in [2.45, 2.75) is 37.6 Å². The number of rotatable bonds is 3. The number of hydrogen-bond donors (Lipinski definition) is 2. The van der Waals surface area contributed by atoms with Gasteiger partial charge >= 0.3 is 0 Å². The van der Waals surface area contributed by atoms with Crippen molar-refractivity contribution in [3.05, 3.63) is 24.0 Å². The average molecular weight is 263 g/mol. The molecule has 1 heterocycles. The van der Waals surface area contributed by atoms with Crippen LogP contribution in [0.2, 0.25) is 0 Å². The zero-order chi connectivity index (χ0) is 13.3. The zero-order valence-electron chi connectivity index (χ0n) is 10.8. The largest absolute Gasteiger partial charge is 0.463 e. The van der Waals surface area contributed by atoms with Gasteiger partial charge in [-0.3, -0.25) is 0 Å². The Kier molecular flexibility index (Phi) is 3.14. The molecule has 0 unspecified atom stereocenters. The molecule has 1 aromatic carbocycles. The van der Waals surface area contributed by atoms with Crippen molar-refractivity contribution in [2.24, 2.45) is 5.73 Å². The van der Waals surface area contributed by atoms with Gasteiger partial charge in [0, 0.05) is 0 Å². The fraction of sp³-hybridized carbons (Fsp3) is 0.500. The van der Waals surface area contributed by atoms with Crippen molar-refractivity contribution >= 4 is 11.0 Å². The first-order chi connectivity index (χ1) is 9.15. The van der Waals surface area contributed by atoms with Crippen LogP contribution in [0, 0.1) is 5.82 Å². The van der Waals surface area contributed by atoms with E-state index in [9.17, 15) is 4.39 Å². The molecule has 0 amide bonds. The predicted molar refractivity (Wildman–Crippen MR) is 71.6 cm³/mol. The quantitative estimate of drug-likeness (QED) is 0.895. The highest BCUT2D eigenvalue weighted by Gasteiger charge is 2.28. The van der Waals surface area contributed by atoms with Gasteiger partial charge in [-0.15, -0.1) is 0 Å². The van der Waals surface area contributed by atoms with Crippen LogP contribution in [0.15, 0.2) is 18.2 Å². The fourth-order valence-corrected chi connectivity index (χ4v) is 2.64. The van der Waals surface area contributed by atoms with Gasteiger partial charge in [-0.25, -0.2) is 4.39 Å². The lowest BCUT2D eigenvalue weighted by molar-refractivity contribution is 0.165. The number of halogens is 1. The van der Waals surface area contributed by atoms with Gasteiger partial charge < -0.3 is 15.5 Å². The van der Waals surface area contributed by atoms with Crippen LogP contribution in [-0.2, 0) is 0 Å². The number of nitrogens with zero attached hydrogens (tertiary/aromatic N) is 1.